The van der Waals surface area contributed by atoms with Gasteiger partial charge in [-0.05, 0) is 43.5 Å². The van der Waals surface area contributed by atoms with Crippen molar-refractivity contribution in [1.29, 1.82) is 0 Å². The first-order valence-corrected chi connectivity index (χ1v) is 9.20. The molecule has 0 atom stereocenters. The number of pyridine rings is 1. The Balaban J connectivity index is 1.61. The van der Waals surface area contributed by atoms with Gasteiger partial charge in [0.2, 0.25) is 0 Å². The molecule has 0 aliphatic heterocycles. The number of nitrogens with one attached hydrogen (secondary N) is 2. The molecule has 1 aliphatic carbocycles. The zero-order chi connectivity index (χ0) is 19.0. The Morgan fingerprint density at radius 1 is 1.26 bits per heavy atom. The molecular formula is C20H20ClN5O. The summed E-state index contributed by atoms with van der Waals surface area (Å²) >= 11 is 6.32. The molecule has 0 unspecified atom stereocenters. The van der Waals surface area contributed by atoms with Crippen molar-refractivity contribution in [3.63, 3.8) is 0 Å². The van der Waals surface area contributed by atoms with Crippen LogP contribution in [0.25, 0.3) is 11.1 Å². The second-order valence-electron chi connectivity index (χ2n) is 6.85. The van der Waals surface area contributed by atoms with Crippen LogP contribution in [0.4, 0.5) is 11.5 Å². The lowest BCUT2D eigenvalue weighted by Crippen LogP contribution is -2.25. The SMILES string of the molecule is Cc1ccc(C(=O)NC2CC2)cc1Nc1cc(-c2cnn(C)c2)c(Cl)cn1. The minimum absolute atomic E-state index is 0.0411. The highest BCUT2D eigenvalue weighted by Crippen LogP contribution is 2.30. The molecule has 1 saturated carbocycles. The largest absolute Gasteiger partial charge is 0.349 e. The molecule has 2 aromatic heterocycles. The van der Waals surface area contributed by atoms with Crippen molar-refractivity contribution in [2.45, 2.75) is 25.8 Å². The van der Waals surface area contributed by atoms with Gasteiger partial charge < -0.3 is 10.6 Å². The first-order chi connectivity index (χ1) is 13.0. The van der Waals surface area contributed by atoms with Gasteiger partial charge in [0.05, 0.1) is 11.2 Å². The molecular weight excluding hydrogens is 362 g/mol. The first-order valence-electron chi connectivity index (χ1n) is 8.83. The molecule has 3 aromatic rings. The number of rotatable bonds is 5. The van der Waals surface area contributed by atoms with Crippen LogP contribution in [0.3, 0.4) is 0 Å². The third-order valence-electron chi connectivity index (χ3n) is 4.55. The lowest BCUT2D eigenvalue weighted by Gasteiger charge is -2.12. The molecule has 2 N–H and O–H groups in total. The van der Waals surface area contributed by atoms with E-state index in [0.29, 0.717) is 22.4 Å². The Labute approximate surface area is 162 Å². The van der Waals surface area contributed by atoms with E-state index in [2.05, 4.69) is 20.7 Å². The normalized spacial score (nSPS) is 13.4. The van der Waals surface area contributed by atoms with E-state index in [1.54, 1.807) is 17.1 Å². The summed E-state index contributed by atoms with van der Waals surface area (Å²) in [6, 6.07) is 7.84. The third-order valence-corrected chi connectivity index (χ3v) is 4.85. The smallest absolute Gasteiger partial charge is 0.251 e. The molecule has 138 valence electrons. The number of amides is 1. The Kier molecular flexibility index (Phi) is 4.58. The van der Waals surface area contributed by atoms with Gasteiger partial charge in [-0.25, -0.2) is 4.98 Å². The summed E-state index contributed by atoms with van der Waals surface area (Å²) in [5, 5.41) is 11.1. The van der Waals surface area contributed by atoms with Crippen molar-refractivity contribution >= 4 is 29.0 Å². The van der Waals surface area contributed by atoms with Gasteiger partial charge in [0.1, 0.15) is 5.82 Å². The lowest BCUT2D eigenvalue weighted by molar-refractivity contribution is 0.0951. The molecule has 2 heterocycles. The van der Waals surface area contributed by atoms with Crippen LogP contribution in [0.1, 0.15) is 28.8 Å². The van der Waals surface area contributed by atoms with Gasteiger partial charge >= 0.3 is 0 Å². The fourth-order valence-electron chi connectivity index (χ4n) is 2.82. The summed E-state index contributed by atoms with van der Waals surface area (Å²) in [4.78, 5) is 16.7. The fourth-order valence-corrected chi connectivity index (χ4v) is 3.03. The van der Waals surface area contributed by atoms with Gasteiger partial charge in [-0.1, -0.05) is 17.7 Å². The number of hydrogen-bond donors (Lipinski definition) is 2. The van der Waals surface area contributed by atoms with Crippen molar-refractivity contribution in [2.75, 3.05) is 5.32 Å². The highest BCUT2D eigenvalue weighted by molar-refractivity contribution is 6.33. The fraction of sp³-hybridized carbons (Fsp3) is 0.250. The second kappa shape index (κ2) is 7.04. The van der Waals surface area contributed by atoms with Crippen LogP contribution in [0, 0.1) is 6.92 Å². The average molecular weight is 382 g/mol. The van der Waals surface area contributed by atoms with Crippen molar-refractivity contribution in [3.8, 4) is 11.1 Å². The lowest BCUT2D eigenvalue weighted by atomic mass is 10.1. The Hall–Kier alpha value is -2.86. The van der Waals surface area contributed by atoms with Gasteiger partial charge in [0.25, 0.3) is 5.91 Å². The number of anilines is 2. The first kappa shape index (κ1) is 17.5. The second-order valence-corrected chi connectivity index (χ2v) is 7.26. The van der Waals surface area contributed by atoms with Crippen LogP contribution in [-0.4, -0.2) is 26.7 Å². The maximum atomic E-state index is 12.3. The van der Waals surface area contributed by atoms with Gasteiger partial charge in [-0.3, -0.25) is 9.48 Å². The van der Waals surface area contributed by atoms with E-state index < -0.39 is 0 Å². The Bertz CT molecular complexity index is 1010. The van der Waals surface area contributed by atoms with E-state index in [1.165, 1.54) is 0 Å². The molecule has 1 amide bonds. The van der Waals surface area contributed by atoms with Gasteiger partial charge in [-0.2, -0.15) is 5.10 Å². The molecule has 0 spiro atoms. The third kappa shape index (κ3) is 3.95. The average Bonchev–Trinajstić information content (AvgIpc) is 3.36. The van der Waals surface area contributed by atoms with Crippen LogP contribution >= 0.6 is 11.6 Å². The zero-order valence-electron chi connectivity index (χ0n) is 15.2. The van der Waals surface area contributed by atoms with Crippen LogP contribution in [-0.2, 0) is 7.05 Å². The van der Waals surface area contributed by atoms with Crippen LogP contribution in [0.15, 0.2) is 42.9 Å². The number of aromatic nitrogens is 3. The van der Waals surface area contributed by atoms with E-state index in [0.717, 1.165) is 35.2 Å². The van der Waals surface area contributed by atoms with Gasteiger partial charge in [0, 0.05) is 47.9 Å². The van der Waals surface area contributed by atoms with Crippen molar-refractivity contribution in [2.24, 2.45) is 7.05 Å². The molecule has 27 heavy (non-hydrogen) atoms. The maximum Gasteiger partial charge on any atom is 0.251 e. The van der Waals surface area contributed by atoms with Crippen LogP contribution in [0.5, 0.6) is 0 Å². The summed E-state index contributed by atoms with van der Waals surface area (Å²) in [7, 11) is 1.86. The highest BCUT2D eigenvalue weighted by atomic mass is 35.5. The highest BCUT2D eigenvalue weighted by Gasteiger charge is 2.24. The number of halogens is 1. The van der Waals surface area contributed by atoms with Crippen LogP contribution in [0.2, 0.25) is 5.02 Å². The number of nitrogens with zero attached hydrogens (tertiary/aromatic N) is 3. The van der Waals surface area contributed by atoms with E-state index in [1.807, 2.05) is 44.4 Å². The summed E-state index contributed by atoms with van der Waals surface area (Å²) in [6.07, 6.45) is 7.41. The summed E-state index contributed by atoms with van der Waals surface area (Å²) in [6.45, 7) is 1.99. The molecule has 6 nitrogen and oxygen atoms in total. The minimum atomic E-state index is -0.0411. The Morgan fingerprint density at radius 2 is 2.07 bits per heavy atom. The van der Waals surface area contributed by atoms with Gasteiger partial charge in [0.15, 0.2) is 0 Å². The number of carbonyl (C=O) groups is 1. The van der Waals surface area contributed by atoms with E-state index in [-0.39, 0.29) is 5.91 Å². The molecule has 0 radical (unpaired) electrons. The quantitative estimate of drug-likeness (QED) is 0.698. The minimum Gasteiger partial charge on any atom is -0.349 e. The number of carbonyl (C=O) groups excluding carboxylic acids is 1. The van der Waals surface area contributed by atoms with Gasteiger partial charge in [-0.15, -0.1) is 0 Å². The monoisotopic (exact) mass is 381 g/mol. The number of hydrogen-bond acceptors (Lipinski definition) is 4. The van der Waals surface area contributed by atoms with Crippen molar-refractivity contribution in [3.05, 3.63) is 59.0 Å². The van der Waals surface area contributed by atoms with E-state index in [4.69, 9.17) is 11.6 Å². The molecule has 1 aromatic carbocycles. The predicted octanol–water partition coefficient (Wildman–Crippen LogP) is 4.08. The number of aryl methyl sites for hydroxylation is 2. The molecule has 1 aliphatic rings. The van der Waals surface area contributed by atoms with Crippen molar-refractivity contribution in [1.82, 2.24) is 20.1 Å². The topological polar surface area (TPSA) is 71.8 Å². The molecule has 4 rings (SSSR count). The molecule has 7 heteroatoms. The molecule has 0 saturated heterocycles. The van der Waals surface area contributed by atoms with Crippen molar-refractivity contribution < 1.29 is 4.79 Å². The van der Waals surface area contributed by atoms with E-state index in [9.17, 15) is 4.79 Å². The number of benzene rings is 1. The zero-order valence-corrected chi connectivity index (χ0v) is 15.9. The summed E-state index contributed by atoms with van der Waals surface area (Å²) in [5.41, 5.74) is 4.27. The summed E-state index contributed by atoms with van der Waals surface area (Å²) < 4.78 is 1.73. The van der Waals surface area contributed by atoms with E-state index >= 15 is 0 Å². The predicted molar refractivity (Wildman–Crippen MR) is 106 cm³/mol. The summed E-state index contributed by atoms with van der Waals surface area (Å²) in [5.74, 6) is 0.613. The standard InChI is InChI=1S/C20H20ClN5O/c1-12-3-4-13(20(27)24-15-5-6-15)7-18(12)25-19-8-16(17(21)10-22-19)14-9-23-26(2)11-14/h3-4,7-11,15H,5-6H2,1-2H3,(H,22,25)(H,24,27). The Morgan fingerprint density at radius 3 is 2.78 bits per heavy atom. The van der Waals surface area contributed by atoms with Crippen LogP contribution < -0.4 is 10.6 Å². The molecule has 1 fully saturated rings. The maximum absolute atomic E-state index is 12.3. The molecule has 0 bridgehead atoms.